The monoisotopic (exact) mass is 198 g/mol. The van der Waals surface area contributed by atoms with Gasteiger partial charge in [0.25, 0.3) is 0 Å². The molecule has 13 heavy (non-hydrogen) atoms. The first-order chi connectivity index (χ1) is 6.22. The summed E-state index contributed by atoms with van der Waals surface area (Å²) in [6, 6.07) is 1.65. The highest BCUT2D eigenvalue weighted by molar-refractivity contribution is 7.05. The zero-order valence-electron chi connectivity index (χ0n) is 7.44. The second-order valence-electron chi connectivity index (χ2n) is 3.70. The summed E-state index contributed by atoms with van der Waals surface area (Å²) in [5, 5.41) is 10.2. The van der Waals surface area contributed by atoms with Crippen molar-refractivity contribution in [3.63, 3.8) is 0 Å². The third-order valence-electron chi connectivity index (χ3n) is 2.81. The summed E-state index contributed by atoms with van der Waals surface area (Å²) >= 11 is 1.38. The van der Waals surface area contributed by atoms with Crippen molar-refractivity contribution in [1.82, 2.24) is 4.37 Å². The first kappa shape index (κ1) is 9.12. The fraction of sp³-hybridized carbons (Fsp3) is 0.667. The second-order valence-corrected chi connectivity index (χ2v) is 4.57. The lowest BCUT2D eigenvalue weighted by Gasteiger charge is -2.28. The van der Waals surface area contributed by atoms with Crippen molar-refractivity contribution in [1.29, 1.82) is 0 Å². The highest BCUT2D eigenvalue weighted by Crippen LogP contribution is 2.39. The minimum absolute atomic E-state index is 0.248. The van der Waals surface area contributed by atoms with Gasteiger partial charge in [-0.05, 0) is 30.4 Å². The van der Waals surface area contributed by atoms with E-state index in [0.29, 0.717) is 0 Å². The maximum atomic E-state index is 10.2. The summed E-state index contributed by atoms with van der Waals surface area (Å²) in [6.45, 7) is 0. The highest BCUT2D eigenvalue weighted by atomic mass is 32.1. The van der Waals surface area contributed by atoms with E-state index in [4.69, 9.17) is 5.73 Å². The highest BCUT2D eigenvalue weighted by Gasteiger charge is 2.38. The van der Waals surface area contributed by atoms with Gasteiger partial charge >= 0.3 is 0 Å². The molecule has 0 amide bonds. The number of nitrogens with two attached hydrogens (primary N) is 1. The van der Waals surface area contributed by atoms with Crippen LogP contribution in [0.1, 0.15) is 36.6 Å². The molecule has 2 rings (SSSR count). The Labute approximate surface area is 81.8 Å². The molecule has 1 saturated carbocycles. The van der Waals surface area contributed by atoms with Crippen LogP contribution in [0.5, 0.6) is 0 Å². The van der Waals surface area contributed by atoms with Crippen LogP contribution in [-0.4, -0.2) is 15.1 Å². The fourth-order valence-corrected chi connectivity index (χ4v) is 2.65. The Morgan fingerprint density at radius 1 is 1.54 bits per heavy atom. The molecule has 0 spiro atoms. The third-order valence-corrected chi connectivity index (χ3v) is 3.64. The number of rotatable bonds is 2. The third kappa shape index (κ3) is 1.61. The van der Waals surface area contributed by atoms with Gasteiger partial charge in [-0.2, -0.15) is 0 Å². The summed E-state index contributed by atoms with van der Waals surface area (Å²) < 4.78 is 4.00. The van der Waals surface area contributed by atoms with E-state index >= 15 is 0 Å². The number of aromatic nitrogens is 1. The van der Waals surface area contributed by atoms with Crippen LogP contribution in [0, 0.1) is 0 Å². The Morgan fingerprint density at radius 3 is 2.77 bits per heavy atom. The molecule has 1 aliphatic rings. The van der Waals surface area contributed by atoms with Gasteiger partial charge in [-0.3, -0.25) is 0 Å². The van der Waals surface area contributed by atoms with Crippen LogP contribution in [0.15, 0.2) is 12.3 Å². The van der Waals surface area contributed by atoms with Crippen molar-refractivity contribution in [2.75, 3.05) is 0 Å². The lowest BCUT2D eigenvalue weighted by molar-refractivity contribution is 0.0214. The van der Waals surface area contributed by atoms with Crippen molar-refractivity contribution >= 4 is 11.5 Å². The predicted octanol–water partition coefficient (Wildman–Crippen LogP) is 1.45. The van der Waals surface area contributed by atoms with Crippen molar-refractivity contribution in [2.24, 2.45) is 5.73 Å². The first-order valence-electron chi connectivity index (χ1n) is 4.61. The van der Waals surface area contributed by atoms with E-state index in [1.54, 1.807) is 6.20 Å². The van der Waals surface area contributed by atoms with Crippen molar-refractivity contribution in [3.8, 4) is 0 Å². The van der Waals surface area contributed by atoms with E-state index in [2.05, 4.69) is 4.37 Å². The second kappa shape index (κ2) is 3.36. The predicted molar refractivity (Wildman–Crippen MR) is 52.5 cm³/mol. The molecular formula is C9H14N2OS. The van der Waals surface area contributed by atoms with Gasteiger partial charge < -0.3 is 10.8 Å². The average molecular weight is 198 g/mol. The van der Waals surface area contributed by atoms with Gasteiger partial charge in [0.15, 0.2) is 0 Å². The van der Waals surface area contributed by atoms with Crippen LogP contribution < -0.4 is 5.73 Å². The molecule has 1 fully saturated rings. The normalized spacial score (nSPS) is 23.2. The number of hydrogen-bond acceptors (Lipinski definition) is 4. The molecular weight excluding hydrogens is 184 g/mol. The molecule has 0 saturated heterocycles. The molecule has 0 aromatic carbocycles. The van der Waals surface area contributed by atoms with Gasteiger partial charge in [0.1, 0.15) is 0 Å². The van der Waals surface area contributed by atoms with Crippen LogP contribution in [0.4, 0.5) is 0 Å². The summed E-state index contributed by atoms with van der Waals surface area (Å²) in [5.74, 6) is 0. The van der Waals surface area contributed by atoms with Crippen LogP contribution in [-0.2, 0) is 0 Å². The zero-order chi connectivity index (χ0) is 9.31. The van der Waals surface area contributed by atoms with Gasteiger partial charge in [0, 0.05) is 11.1 Å². The van der Waals surface area contributed by atoms with Crippen LogP contribution in [0.2, 0.25) is 0 Å². The van der Waals surface area contributed by atoms with E-state index < -0.39 is 5.60 Å². The maximum Gasteiger partial charge on any atom is 0.0848 e. The lowest BCUT2D eigenvalue weighted by Crippen LogP contribution is -2.37. The summed E-state index contributed by atoms with van der Waals surface area (Å²) in [6.07, 6.45) is 5.56. The van der Waals surface area contributed by atoms with E-state index in [0.717, 1.165) is 30.6 Å². The number of aliphatic hydroxyl groups is 1. The Bertz CT molecular complexity index is 267. The first-order valence-corrected chi connectivity index (χ1v) is 5.38. The van der Waals surface area contributed by atoms with Gasteiger partial charge in [-0.15, -0.1) is 0 Å². The Balaban J connectivity index is 2.16. The quantitative estimate of drug-likeness (QED) is 0.756. The van der Waals surface area contributed by atoms with Crippen molar-refractivity contribution in [3.05, 3.63) is 17.1 Å². The molecule has 3 nitrogen and oxygen atoms in total. The van der Waals surface area contributed by atoms with Gasteiger partial charge in [0.05, 0.1) is 11.6 Å². The van der Waals surface area contributed by atoms with Crippen LogP contribution >= 0.6 is 11.5 Å². The van der Waals surface area contributed by atoms with Crippen molar-refractivity contribution in [2.45, 2.75) is 37.3 Å². The van der Waals surface area contributed by atoms with E-state index in [1.165, 1.54) is 11.5 Å². The fourth-order valence-electron chi connectivity index (χ4n) is 1.95. The smallest absolute Gasteiger partial charge is 0.0848 e. The minimum atomic E-state index is -0.674. The number of hydrogen-bond donors (Lipinski definition) is 2. The molecule has 3 N–H and O–H groups in total. The summed E-state index contributed by atoms with van der Waals surface area (Å²) in [4.78, 5) is 0.990. The largest absolute Gasteiger partial charge is 0.388 e. The van der Waals surface area contributed by atoms with E-state index in [9.17, 15) is 5.11 Å². The molecule has 1 unspecified atom stereocenters. The molecule has 1 aliphatic carbocycles. The van der Waals surface area contributed by atoms with Crippen LogP contribution in [0.3, 0.4) is 0 Å². The molecule has 1 aromatic rings. The zero-order valence-corrected chi connectivity index (χ0v) is 8.26. The summed E-state index contributed by atoms with van der Waals surface area (Å²) in [5.41, 5.74) is 5.33. The van der Waals surface area contributed by atoms with Crippen LogP contribution in [0.25, 0.3) is 0 Å². The Hall–Kier alpha value is -0.450. The van der Waals surface area contributed by atoms with Gasteiger partial charge in [0.2, 0.25) is 0 Å². The molecule has 4 heteroatoms. The van der Waals surface area contributed by atoms with Gasteiger partial charge in [-0.1, -0.05) is 12.8 Å². The van der Waals surface area contributed by atoms with Crippen molar-refractivity contribution < 1.29 is 5.11 Å². The van der Waals surface area contributed by atoms with Gasteiger partial charge in [-0.25, -0.2) is 4.37 Å². The minimum Gasteiger partial charge on any atom is -0.388 e. The number of nitrogens with zero attached hydrogens (tertiary/aromatic N) is 1. The molecule has 1 aromatic heterocycles. The SMILES string of the molecule is NC(c1ccns1)C1(O)CCCC1. The molecule has 72 valence electrons. The molecule has 0 radical (unpaired) electrons. The molecule has 0 aliphatic heterocycles. The molecule has 1 heterocycles. The average Bonchev–Trinajstić information content (AvgIpc) is 2.73. The summed E-state index contributed by atoms with van der Waals surface area (Å²) in [7, 11) is 0. The Kier molecular flexibility index (Phi) is 2.36. The lowest BCUT2D eigenvalue weighted by atomic mass is 9.92. The van der Waals surface area contributed by atoms with E-state index in [1.807, 2.05) is 6.07 Å². The molecule has 1 atom stereocenters. The van der Waals surface area contributed by atoms with E-state index in [-0.39, 0.29) is 6.04 Å². The molecule has 0 bridgehead atoms. The maximum absolute atomic E-state index is 10.2. The Morgan fingerprint density at radius 2 is 2.23 bits per heavy atom. The topological polar surface area (TPSA) is 59.1 Å². The standard InChI is InChI=1S/C9H14N2OS/c10-8(7-3-6-11-13-7)9(12)4-1-2-5-9/h3,6,8,12H,1-2,4-5,10H2.